The molecule has 0 atom stereocenters. The number of hydrogen-bond donors (Lipinski definition) is 4. The molecule has 4 N–H and O–H groups in total. The Morgan fingerprint density at radius 2 is 0.944 bits per heavy atom. The minimum atomic E-state index is -4.94. The van der Waals surface area contributed by atoms with Gasteiger partial charge in [-0.3, -0.25) is 25.1 Å². The van der Waals surface area contributed by atoms with Crippen molar-refractivity contribution in [1.29, 1.82) is 0 Å². The summed E-state index contributed by atoms with van der Waals surface area (Å²) < 4.78 is 96.1. The number of aromatic carboxylic acids is 1. The zero-order chi connectivity index (χ0) is 53.2. The lowest BCUT2D eigenvalue weighted by Gasteiger charge is -2.34. The van der Waals surface area contributed by atoms with Gasteiger partial charge in [0.05, 0.1) is 5.56 Å². The van der Waals surface area contributed by atoms with Crippen LogP contribution in [0, 0.1) is 0 Å². The molecule has 0 unspecified atom stereocenters. The molecule has 0 aromatic heterocycles. The molecule has 1 fully saturated rings. The number of benzene rings is 5. The van der Waals surface area contributed by atoms with Crippen molar-refractivity contribution in [3.05, 3.63) is 126 Å². The number of nitrogens with zero attached hydrogens (tertiary/aromatic N) is 2. The molecule has 4 amide bonds. The predicted octanol–water partition coefficient (Wildman–Crippen LogP) is 11.8. The molecule has 384 valence electrons. The van der Waals surface area contributed by atoms with Crippen LogP contribution in [0.25, 0.3) is 22.3 Å². The maximum Gasteiger partial charge on any atom is 0.573 e. The van der Waals surface area contributed by atoms with Crippen molar-refractivity contribution in [3.8, 4) is 33.8 Å². The van der Waals surface area contributed by atoms with Gasteiger partial charge in [0.1, 0.15) is 22.7 Å². The Balaban J connectivity index is 0.000000296. The Labute approximate surface area is 411 Å². The molecule has 5 aromatic carbocycles. The topological polar surface area (TPSA) is 185 Å². The minimum absolute atomic E-state index is 0.0165. The van der Waals surface area contributed by atoms with Gasteiger partial charge in [-0.25, -0.2) is 14.4 Å². The van der Waals surface area contributed by atoms with E-state index in [1.165, 1.54) is 72.8 Å². The Kier molecular flexibility index (Phi) is 17.6. The number of carbonyl (C=O) groups excluding carboxylic acids is 4. The summed E-state index contributed by atoms with van der Waals surface area (Å²) in [7, 11) is 0. The molecule has 72 heavy (non-hydrogen) atoms. The lowest BCUT2D eigenvalue weighted by molar-refractivity contribution is -0.275. The number of hydrogen-bond acceptors (Lipinski definition) is 10. The monoisotopic (exact) mass is 1010 g/mol. The van der Waals surface area contributed by atoms with E-state index >= 15 is 0 Å². The Morgan fingerprint density at radius 3 is 1.32 bits per heavy atom. The van der Waals surface area contributed by atoms with Crippen molar-refractivity contribution in [2.45, 2.75) is 78.9 Å². The lowest BCUT2D eigenvalue weighted by atomic mass is 10.0. The Morgan fingerprint density at radius 1 is 0.542 bits per heavy atom. The number of amides is 4. The van der Waals surface area contributed by atoms with Crippen LogP contribution in [0.1, 0.15) is 74.7 Å². The second-order valence-corrected chi connectivity index (χ2v) is 18.2. The molecule has 1 aliphatic heterocycles. The summed E-state index contributed by atoms with van der Waals surface area (Å²) in [5.41, 5.74) is 1.48. The third-order valence-corrected chi connectivity index (χ3v) is 10.0. The molecule has 21 heteroatoms. The number of carbonyl (C=O) groups is 5. The first-order chi connectivity index (χ1) is 33.5. The van der Waals surface area contributed by atoms with E-state index in [0.29, 0.717) is 29.9 Å². The minimum Gasteiger partial charge on any atom is -0.478 e. The van der Waals surface area contributed by atoms with Gasteiger partial charge in [0.15, 0.2) is 0 Å². The summed E-state index contributed by atoms with van der Waals surface area (Å²) in [4.78, 5) is 63.6. The van der Waals surface area contributed by atoms with Crippen molar-refractivity contribution < 1.29 is 74.4 Å². The summed E-state index contributed by atoms with van der Waals surface area (Å²) in [5, 5.41) is 16.7. The van der Waals surface area contributed by atoms with Crippen LogP contribution in [0.2, 0.25) is 0 Å². The second-order valence-electron chi connectivity index (χ2n) is 18.2. The number of piperazine rings is 1. The zero-order valence-electron chi connectivity index (χ0n) is 40.2. The SMILES string of the molecule is CC(=O)N1CCN(Cc2ccc(NC(=O)c3ccc(-c4cc(NC(=O)OC(C)(C)C)ccc4OC(F)(F)F)cc3)cc2)CC1.CC(C)(C)OC(=O)Nc1ccc(OC(F)(F)F)c(-c2ccc(C(=O)O)cc2)c1. The number of carboxylic acid groups (broad SMARTS) is 1. The van der Waals surface area contributed by atoms with Gasteiger partial charge in [0, 0.05) is 73.4 Å². The zero-order valence-corrected chi connectivity index (χ0v) is 40.2. The molecule has 1 saturated heterocycles. The van der Waals surface area contributed by atoms with Crippen LogP contribution in [0.4, 0.5) is 53.0 Å². The average Bonchev–Trinajstić information content (AvgIpc) is 3.26. The van der Waals surface area contributed by atoms with E-state index in [1.54, 1.807) is 60.6 Å². The summed E-state index contributed by atoms with van der Waals surface area (Å²) in [5.74, 6) is -2.44. The molecule has 0 saturated carbocycles. The molecule has 1 heterocycles. The molecule has 0 bridgehead atoms. The van der Waals surface area contributed by atoms with E-state index in [-0.39, 0.29) is 39.5 Å². The molecule has 0 spiro atoms. The number of ether oxygens (including phenoxy) is 4. The highest BCUT2D eigenvalue weighted by Crippen LogP contribution is 2.38. The molecular weight excluding hydrogens is 957 g/mol. The lowest BCUT2D eigenvalue weighted by Crippen LogP contribution is -2.47. The van der Waals surface area contributed by atoms with Crippen LogP contribution in [-0.2, 0) is 20.8 Å². The smallest absolute Gasteiger partial charge is 0.478 e. The van der Waals surface area contributed by atoms with Crippen LogP contribution in [0.3, 0.4) is 0 Å². The van der Waals surface area contributed by atoms with E-state index in [2.05, 4.69) is 30.3 Å². The number of halogens is 6. The van der Waals surface area contributed by atoms with Crippen molar-refractivity contribution >= 4 is 47.0 Å². The Bertz CT molecular complexity index is 2710. The summed E-state index contributed by atoms with van der Waals surface area (Å²) in [6.07, 6.45) is -11.4. The molecule has 6 rings (SSSR count). The third-order valence-electron chi connectivity index (χ3n) is 10.0. The van der Waals surface area contributed by atoms with Gasteiger partial charge >= 0.3 is 30.9 Å². The van der Waals surface area contributed by atoms with E-state index in [9.17, 15) is 50.3 Å². The summed E-state index contributed by atoms with van der Waals surface area (Å²) >= 11 is 0. The molecular formula is C51H53F6N5O10. The van der Waals surface area contributed by atoms with Crippen molar-refractivity contribution in [3.63, 3.8) is 0 Å². The maximum atomic E-state index is 13.1. The van der Waals surface area contributed by atoms with Crippen molar-refractivity contribution in [2.24, 2.45) is 0 Å². The fourth-order valence-electron chi connectivity index (χ4n) is 6.91. The van der Waals surface area contributed by atoms with Crippen LogP contribution < -0.4 is 25.4 Å². The standard InChI is InChI=1S/C32H35F3N4O5.C19H18F3NO5/c1-21(40)39-17-15-38(16-18-39)20-22-5-11-25(12-6-22)36-29(41)24-9-7-23(8-10-24)27-19-26(37-30(42)44-31(2,3)4)13-14-28(27)43-32(33,34)35;1-18(2,3)28-17(26)23-13-8-9-15(27-19(20,21)22)14(10-13)11-4-6-12(7-5-11)16(24)25/h5-14,19H,15-18,20H2,1-4H3,(H,36,41)(H,37,42);4-10H,1-3H3,(H,23,26)(H,24,25). The number of anilines is 3. The van der Waals surface area contributed by atoms with Crippen LogP contribution in [0.15, 0.2) is 109 Å². The highest BCUT2D eigenvalue weighted by atomic mass is 19.4. The molecule has 5 aromatic rings. The predicted molar refractivity (Wildman–Crippen MR) is 256 cm³/mol. The van der Waals surface area contributed by atoms with Crippen molar-refractivity contribution in [2.75, 3.05) is 42.1 Å². The second kappa shape index (κ2) is 23.0. The van der Waals surface area contributed by atoms with Crippen LogP contribution >= 0.6 is 0 Å². The highest BCUT2D eigenvalue weighted by molar-refractivity contribution is 6.04. The molecule has 15 nitrogen and oxygen atoms in total. The van der Waals surface area contributed by atoms with Gasteiger partial charge in [0.2, 0.25) is 5.91 Å². The van der Waals surface area contributed by atoms with Gasteiger partial charge in [-0.2, -0.15) is 0 Å². The quantitative estimate of drug-likeness (QED) is 0.0923. The first-order valence-corrected chi connectivity index (χ1v) is 22.1. The fraction of sp³-hybridized carbons (Fsp3) is 0.314. The number of alkyl halides is 6. The van der Waals surface area contributed by atoms with E-state index in [0.717, 1.165) is 37.3 Å². The van der Waals surface area contributed by atoms with Crippen LogP contribution in [0.5, 0.6) is 11.5 Å². The van der Waals surface area contributed by atoms with E-state index in [1.807, 2.05) is 17.0 Å². The molecule has 0 aliphatic carbocycles. The first kappa shape index (κ1) is 55.1. The summed E-state index contributed by atoms with van der Waals surface area (Å²) in [6, 6.07) is 25.9. The number of carboxylic acids is 1. The van der Waals surface area contributed by atoms with E-state index in [4.69, 9.17) is 14.6 Å². The molecule has 0 radical (unpaired) electrons. The van der Waals surface area contributed by atoms with Gasteiger partial charge < -0.3 is 34.3 Å². The van der Waals surface area contributed by atoms with E-state index < -0.39 is 59.5 Å². The number of rotatable bonds is 11. The third kappa shape index (κ3) is 17.9. The van der Waals surface area contributed by atoms with Gasteiger partial charge in [-0.15, -0.1) is 26.3 Å². The van der Waals surface area contributed by atoms with Crippen molar-refractivity contribution in [1.82, 2.24) is 9.80 Å². The van der Waals surface area contributed by atoms with Gasteiger partial charge in [-0.1, -0.05) is 36.4 Å². The first-order valence-electron chi connectivity index (χ1n) is 22.1. The van der Waals surface area contributed by atoms with Crippen LogP contribution in [-0.4, -0.2) is 95.0 Å². The van der Waals surface area contributed by atoms with Gasteiger partial charge in [-0.05, 0) is 131 Å². The number of nitrogens with one attached hydrogen (secondary N) is 3. The van der Waals surface area contributed by atoms with Gasteiger partial charge in [0.25, 0.3) is 5.91 Å². The largest absolute Gasteiger partial charge is 0.573 e. The average molecular weight is 1010 g/mol. The maximum absolute atomic E-state index is 13.1. The molecule has 1 aliphatic rings. The normalized spacial score (nSPS) is 13.2. The fourth-order valence-corrected chi connectivity index (χ4v) is 6.91. The Hall–Kier alpha value is -7.81. The highest BCUT2D eigenvalue weighted by Gasteiger charge is 2.34. The summed E-state index contributed by atoms with van der Waals surface area (Å²) in [6.45, 7) is 15.4.